The van der Waals surface area contributed by atoms with Crippen LogP contribution in [0.5, 0.6) is 0 Å². The van der Waals surface area contributed by atoms with Crippen molar-refractivity contribution in [1.29, 1.82) is 0 Å². The molecule has 1 amide bonds. The number of nitrogens with one attached hydrogen (secondary N) is 1. The van der Waals surface area contributed by atoms with Crippen LogP contribution < -0.4 is 5.32 Å². The quantitative estimate of drug-likeness (QED) is 0.518. The molecule has 0 aromatic heterocycles. The normalized spacial score (nSPS) is 15.3. The first-order valence-electron chi connectivity index (χ1n) is 5.73. The molecule has 0 aromatic rings. The highest BCUT2D eigenvalue weighted by molar-refractivity contribution is 9.09. The number of rotatable bonds is 9. The smallest absolute Gasteiger partial charge is 0.220 e. The molecule has 0 saturated heterocycles. The highest BCUT2D eigenvalue weighted by Gasteiger charge is 2.20. The van der Waals surface area contributed by atoms with Crippen LogP contribution in [0.25, 0.3) is 0 Å². The fourth-order valence-electron chi connectivity index (χ4n) is 1.27. The summed E-state index contributed by atoms with van der Waals surface area (Å²) in [5.74, 6) is 0.950. The second-order valence-corrected chi connectivity index (χ2v) is 4.81. The van der Waals surface area contributed by atoms with Crippen molar-refractivity contribution in [2.24, 2.45) is 5.92 Å². The maximum absolute atomic E-state index is 11.2. The summed E-state index contributed by atoms with van der Waals surface area (Å²) < 4.78 is 5.41. The Labute approximate surface area is 100 Å². The second kappa shape index (κ2) is 8.11. The molecule has 1 N–H and O–H groups in total. The van der Waals surface area contributed by atoms with Crippen LogP contribution in [0.3, 0.4) is 0 Å². The Morgan fingerprint density at radius 2 is 2.20 bits per heavy atom. The first-order chi connectivity index (χ1) is 7.33. The van der Waals surface area contributed by atoms with Crippen molar-refractivity contribution in [2.75, 3.05) is 25.1 Å². The molecule has 1 fully saturated rings. The number of carbonyl (C=O) groups is 1. The molecule has 1 aliphatic rings. The van der Waals surface area contributed by atoms with E-state index in [2.05, 4.69) is 21.2 Å². The van der Waals surface area contributed by atoms with Gasteiger partial charge in [0.25, 0.3) is 0 Å². The van der Waals surface area contributed by atoms with Gasteiger partial charge in [0.15, 0.2) is 0 Å². The number of alkyl halides is 1. The Hall–Kier alpha value is -0.0900. The molecule has 1 rings (SSSR count). The minimum Gasteiger partial charge on any atom is -0.379 e. The fourth-order valence-corrected chi connectivity index (χ4v) is 1.66. The average molecular weight is 278 g/mol. The van der Waals surface area contributed by atoms with Crippen LogP contribution in [0.4, 0.5) is 0 Å². The van der Waals surface area contributed by atoms with E-state index in [1.54, 1.807) is 0 Å². The molecule has 0 heterocycles. The van der Waals surface area contributed by atoms with Gasteiger partial charge in [-0.15, -0.1) is 0 Å². The number of unbranched alkanes of at least 4 members (excludes halogenated alkanes) is 1. The fraction of sp³-hybridized carbons (Fsp3) is 0.909. The average Bonchev–Trinajstić information content (AvgIpc) is 3.02. The second-order valence-electron chi connectivity index (χ2n) is 4.01. The molecule has 0 bridgehead atoms. The SMILES string of the molecule is O=C(CCCCBr)NCCOCC1CC1. The van der Waals surface area contributed by atoms with Crippen LogP contribution in [-0.2, 0) is 9.53 Å². The van der Waals surface area contributed by atoms with Crippen LogP contribution in [0, 0.1) is 5.92 Å². The Morgan fingerprint density at radius 3 is 2.87 bits per heavy atom. The molecule has 0 spiro atoms. The third kappa shape index (κ3) is 7.79. The standard InChI is InChI=1S/C11H20BrNO2/c12-6-2-1-3-11(14)13-7-8-15-9-10-4-5-10/h10H,1-9H2,(H,13,14). The van der Waals surface area contributed by atoms with Crippen molar-refractivity contribution in [2.45, 2.75) is 32.1 Å². The third-order valence-electron chi connectivity index (χ3n) is 2.41. The molecule has 0 atom stereocenters. The van der Waals surface area contributed by atoms with Gasteiger partial charge in [0, 0.05) is 24.9 Å². The van der Waals surface area contributed by atoms with E-state index in [1.165, 1.54) is 12.8 Å². The molecule has 4 heteroatoms. The van der Waals surface area contributed by atoms with Crippen molar-refractivity contribution in [3.05, 3.63) is 0 Å². The molecule has 15 heavy (non-hydrogen) atoms. The lowest BCUT2D eigenvalue weighted by Crippen LogP contribution is -2.27. The van der Waals surface area contributed by atoms with E-state index in [0.29, 0.717) is 19.6 Å². The van der Waals surface area contributed by atoms with Gasteiger partial charge >= 0.3 is 0 Å². The van der Waals surface area contributed by atoms with Crippen molar-refractivity contribution < 1.29 is 9.53 Å². The van der Waals surface area contributed by atoms with Crippen LogP contribution in [0.15, 0.2) is 0 Å². The summed E-state index contributed by atoms with van der Waals surface area (Å²) in [6, 6.07) is 0. The minimum atomic E-state index is 0.144. The first kappa shape index (κ1) is 13.0. The Kier molecular flexibility index (Phi) is 7.01. The van der Waals surface area contributed by atoms with Gasteiger partial charge in [-0.05, 0) is 31.6 Å². The van der Waals surface area contributed by atoms with Crippen LogP contribution in [-0.4, -0.2) is 31.0 Å². The molecular weight excluding hydrogens is 258 g/mol. The maximum atomic E-state index is 11.2. The van der Waals surface area contributed by atoms with Gasteiger partial charge in [-0.2, -0.15) is 0 Å². The van der Waals surface area contributed by atoms with Gasteiger partial charge in [-0.3, -0.25) is 4.79 Å². The zero-order chi connectivity index (χ0) is 10.9. The molecule has 0 radical (unpaired) electrons. The van der Waals surface area contributed by atoms with Crippen molar-refractivity contribution in [1.82, 2.24) is 5.32 Å². The Morgan fingerprint density at radius 1 is 1.40 bits per heavy atom. The first-order valence-corrected chi connectivity index (χ1v) is 6.85. The topological polar surface area (TPSA) is 38.3 Å². The van der Waals surface area contributed by atoms with Crippen LogP contribution in [0.1, 0.15) is 32.1 Å². The lowest BCUT2D eigenvalue weighted by atomic mass is 10.2. The van der Waals surface area contributed by atoms with Gasteiger partial charge in [-0.1, -0.05) is 15.9 Å². The van der Waals surface area contributed by atoms with Crippen molar-refractivity contribution in [3.8, 4) is 0 Å². The largest absolute Gasteiger partial charge is 0.379 e. The molecule has 3 nitrogen and oxygen atoms in total. The number of ether oxygens (including phenoxy) is 1. The zero-order valence-corrected chi connectivity index (χ0v) is 10.7. The minimum absolute atomic E-state index is 0.144. The number of amides is 1. The highest BCUT2D eigenvalue weighted by atomic mass is 79.9. The summed E-state index contributed by atoms with van der Waals surface area (Å²) in [6.45, 7) is 2.18. The molecule has 1 saturated carbocycles. The predicted molar refractivity (Wildman–Crippen MR) is 64.2 cm³/mol. The van der Waals surface area contributed by atoms with E-state index >= 15 is 0 Å². The molecule has 1 aliphatic carbocycles. The summed E-state index contributed by atoms with van der Waals surface area (Å²) in [5.41, 5.74) is 0. The van der Waals surface area contributed by atoms with Crippen molar-refractivity contribution in [3.63, 3.8) is 0 Å². The lowest BCUT2D eigenvalue weighted by molar-refractivity contribution is -0.121. The number of carbonyl (C=O) groups excluding carboxylic acids is 1. The van der Waals surface area contributed by atoms with Crippen LogP contribution >= 0.6 is 15.9 Å². The summed E-state index contributed by atoms with van der Waals surface area (Å²) in [7, 11) is 0. The third-order valence-corrected chi connectivity index (χ3v) is 2.97. The van der Waals surface area contributed by atoms with Crippen molar-refractivity contribution >= 4 is 21.8 Å². The van der Waals surface area contributed by atoms with Crippen LogP contribution in [0.2, 0.25) is 0 Å². The predicted octanol–water partition coefficient (Wildman–Crippen LogP) is 2.09. The molecule has 0 aliphatic heterocycles. The lowest BCUT2D eigenvalue weighted by Gasteiger charge is -2.05. The van der Waals surface area contributed by atoms with E-state index in [9.17, 15) is 4.79 Å². The van der Waals surface area contributed by atoms with E-state index in [4.69, 9.17) is 4.74 Å². The molecule has 0 aromatic carbocycles. The molecular formula is C11H20BrNO2. The van der Waals surface area contributed by atoms with Gasteiger partial charge in [0.05, 0.1) is 6.61 Å². The van der Waals surface area contributed by atoms with Gasteiger partial charge < -0.3 is 10.1 Å². The van der Waals surface area contributed by atoms with E-state index < -0.39 is 0 Å². The van der Waals surface area contributed by atoms with E-state index in [-0.39, 0.29) is 5.91 Å². The van der Waals surface area contributed by atoms with Gasteiger partial charge in [-0.25, -0.2) is 0 Å². The number of halogens is 1. The Balaban J connectivity index is 1.78. The summed E-state index contributed by atoms with van der Waals surface area (Å²) in [6.07, 6.45) is 5.29. The van der Waals surface area contributed by atoms with Gasteiger partial charge in [0.1, 0.15) is 0 Å². The zero-order valence-electron chi connectivity index (χ0n) is 9.14. The monoisotopic (exact) mass is 277 g/mol. The summed E-state index contributed by atoms with van der Waals surface area (Å²) in [5, 5.41) is 3.83. The molecule has 88 valence electrons. The summed E-state index contributed by atoms with van der Waals surface area (Å²) >= 11 is 3.34. The van der Waals surface area contributed by atoms with E-state index in [0.717, 1.165) is 30.7 Å². The summed E-state index contributed by atoms with van der Waals surface area (Å²) in [4.78, 5) is 11.2. The highest BCUT2D eigenvalue weighted by Crippen LogP contribution is 2.28. The number of hydrogen-bond acceptors (Lipinski definition) is 2. The maximum Gasteiger partial charge on any atom is 0.220 e. The Bertz CT molecular complexity index is 183. The van der Waals surface area contributed by atoms with Gasteiger partial charge in [0.2, 0.25) is 5.91 Å². The number of hydrogen-bond donors (Lipinski definition) is 1. The molecule has 0 unspecified atom stereocenters. The van der Waals surface area contributed by atoms with E-state index in [1.807, 2.05) is 0 Å².